The van der Waals surface area contributed by atoms with Gasteiger partial charge in [0.05, 0.1) is 18.1 Å². The summed E-state index contributed by atoms with van der Waals surface area (Å²) in [6, 6.07) is 3.15. The van der Waals surface area contributed by atoms with Crippen molar-refractivity contribution in [3.05, 3.63) is 17.8 Å². The summed E-state index contributed by atoms with van der Waals surface area (Å²) in [5.74, 6) is 0.567. The number of hydrogen-bond acceptors (Lipinski definition) is 7. The van der Waals surface area contributed by atoms with Crippen molar-refractivity contribution < 1.29 is 17.9 Å². The summed E-state index contributed by atoms with van der Waals surface area (Å²) in [4.78, 5) is 13.6. The summed E-state index contributed by atoms with van der Waals surface area (Å²) < 4.78 is 27.9. The number of nitrogens with zero attached hydrogens (tertiary/aromatic N) is 3. The molecule has 9 heteroatoms. The van der Waals surface area contributed by atoms with E-state index in [4.69, 9.17) is 4.74 Å². The minimum absolute atomic E-state index is 0.0966. The fourth-order valence-electron chi connectivity index (χ4n) is 2.26. The van der Waals surface area contributed by atoms with Crippen LogP contribution in [-0.4, -0.2) is 69.4 Å². The van der Waals surface area contributed by atoms with E-state index in [0.29, 0.717) is 25.4 Å². The molecule has 1 fully saturated rings. The standard InChI is InChI=1S/C13H20N4O4S/c1-17(10-5-8-22(19,20)9-10)12-4-3-11(15-16-12)13(18)14-6-7-21-2/h3-4,10H,5-9H2,1-2H3,(H,14,18). The van der Waals surface area contributed by atoms with Gasteiger partial charge < -0.3 is 15.0 Å². The van der Waals surface area contributed by atoms with E-state index in [0.717, 1.165) is 0 Å². The summed E-state index contributed by atoms with van der Waals surface area (Å²) in [5.41, 5.74) is 0.215. The number of nitrogens with one attached hydrogen (secondary N) is 1. The zero-order chi connectivity index (χ0) is 16.2. The van der Waals surface area contributed by atoms with Crippen LogP contribution in [0.5, 0.6) is 0 Å². The largest absolute Gasteiger partial charge is 0.383 e. The molecule has 1 amide bonds. The number of sulfone groups is 1. The molecular formula is C13H20N4O4S. The molecule has 2 rings (SSSR count). The average Bonchev–Trinajstić information content (AvgIpc) is 2.87. The predicted octanol–water partition coefficient (Wildman–Crippen LogP) is -0.524. The molecule has 1 aliphatic heterocycles. The van der Waals surface area contributed by atoms with E-state index < -0.39 is 9.84 Å². The highest BCUT2D eigenvalue weighted by Crippen LogP contribution is 2.20. The number of aromatic nitrogens is 2. The van der Waals surface area contributed by atoms with Crippen molar-refractivity contribution >= 4 is 21.6 Å². The Bertz CT molecular complexity index is 617. The first-order chi connectivity index (χ1) is 10.4. The summed E-state index contributed by atoms with van der Waals surface area (Å²) >= 11 is 0. The van der Waals surface area contributed by atoms with Gasteiger partial charge in [0, 0.05) is 26.7 Å². The Labute approximate surface area is 129 Å². The Kier molecular flexibility index (Phi) is 5.30. The molecule has 1 aromatic rings. The molecular weight excluding hydrogens is 308 g/mol. The second-order valence-corrected chi connectivity index (χ2v) is 7.42. The number of methoxy groups -OCH3 is 1. The van der Waals surface area contributed by atoms with Gasteiger partial charge in [-0.2, -0.15) is 0 Å². The van der Waals surface area contributed by atoms with Gasteiger partial charge >= 0.3 is 0 Å². The molecule has 0 bridgehead atoms. The second-order valence-electron chi connectivity index (χ2n) is 5.19. The van der Waals surface area contributed by atoms with Gasteiger partial charge in [0.15, 0.2) is 21.3 Å². The molecule has 2 heterocycles. The third kappa shape index (κ3) is 4.14. The van der Waals surface area contributed by atoms with Crippen molar-refractivity contribution in [1.29, 1.82) is 0 Å². The molecule has 0 saturated carbocycles. The van der Waals surface area contributed by atoms with Crippen LogP contribution in [0.2, 0.25) is 0 Å². The van der Waals surface area contributed by atoms with Gasteiger partial charge in [-0.15, -0.1) is 10.2 Å². The minimum Gasteiger partial charge on any atom is -0.383 e. The molecule has 22 heavy (non-hydrogen) atoms. The maximum absolute atomic E-state index is 11.8. The van der Waals surface area contributed by atoms with Gasteiger partial charge in [0.2, 0.25) is 0 Å². The van der Waals surface area contributed by atoms with E-state index in [2.05, 4.69) is 15.5 Å². The highest BCUT2D eigenvalue weighted by atomic mass is 32.2. The van der Waals surface area contributed by atoms with E-state index in [9.17, 15) is 13.2 Å². The number of rotatable bonds is 6. The first-order valence-electron chi connectivity index (χ1n) is 6.97. The Morgan fingerprint density at radius 2 is 2.23 bits per heavy atom. The molecule has 1 aliphatic rings. The van der Waals surface area contributed by atoms with Crippen LogP contribution in [0.25, 0.3) is 0 Å². The molecule has 1 aromatic heterocycles. The van der Waals surface area contributed by atoms with Crippen LogP contribution in [-0.2, 0) is 14.6 Å². The third-order valence-corrected chi connectivity index (χ3v) is 5.34. The fourth-order valence-corrected chi connectivity index (χ4v) is 4.03. The smallest absolute Gasteiger partial charge is 0.271 e. The Balaban J connectivity index is 1.98. The second kappa shape index (κ2) is 7.01. The van der Waals surface area contributed by atoms with Crippen LogP contribution in [0.3, 0.4) is 0 Å². The minimum atomic E-state index is -2.95. The van der Waals surface area contributed by atoms with Crippen LogP contribution >= 0.6 is 0 Å². The lowest BCUT2D eigenvalue weighted by Gasteiger charge is -2.23. The quantitative estimate of drug-likeness (QED) is 0.701. The van der Waals surface area contributed by atoms with Crippen molar-refractivity contribution in [2.45, 2.75) is 12.5 Å². The molecule has 0 radical (unpaired) electrons. The van der Waals surface area contributed by atoms with Crippen molar-refractivity contribution in [2.75, 3.05) is 43.7 Å². The average molecular weight is 328 g/mol. The number of carbonyl (C=O) groups excluding carboxylic acids is 1. The van der Waals surface area contributed by atoms with E-state index in [1.54, 1.807) is 31.2 Å². The molecule has 1 atom stereocenters. The summed E-state index contributed by atoms with van der Waals surface area (Å²) in [5, 5.41) is 10.6. The van der Waals surface area contributed by atoms with E-state index in [1.807, 2.05) is 0 Å². The molecule has 122 valence electrons. The van der Waals surface area contributed by atoms with Crippen LogP contribution < -0.4 is 10.2 Å². The van der Waals surface area contributed by atoms with Crippen molar-refractivity contribution in [3.63, 3.8) is 0 Å². The normalized spacial score (nSPS) is 19.8. The van der Waals surface area contributed by atoms with Crippen LogP contribution in [0.1, 0.15) is 16.9 Å². The molecule has 8 nitrogen and oxygen atoms in total. The first-order valence-corrected chi connectivity index (χ1v) is 8.79. The Hall–Kier alpha value is -1.74. The zero-order valence-electron chi connectivity index (χ0n) is 12.7. The number of hydrogen-bond donors (Lipinski definition) is 1. The van der Waals surface area contributed by atoms with Gasteiger partial charge in [-0.05, 0) is 18.6 Å². The molecule has 0 aromatic carbocycles. The van der Waals surface area contributed by atoms with Crippen molar-refractivity contribution in [2.24, 2.45) is 0 Å². The molecule has 0 aliphatic carbocycles. The van der Waals surface area contributed by atoms with Crippen LogP contribution in [0, 0.1) is 0 Å². The van der Waals surface area contributed by atoms with Crippen LogP contribution in [0.4, 0.5) is 5.82 Å². The first kappa shape index (κ1) is 16.6. The van der Waals surface area contributed by atoms with E-state index in [-0.39, 0.29) is 29.1 Å². The fraction of sp³-hybridized carbons (Fsp3) is 0.615. The number of amides is 1. The summed E-state index contributed by atoms with van der Waals surface area (Å²) in [6.45, 7) is 0.828. The molecule has 1 N–H and O–H groups in total. The van der Waals surface area contributed by atoms with E-state index in [1.165, 1.54) is 0 Å². The van der Waals surface area contributed by atoms with Gasteiger partial charge in [-0.3, -0.25) is 4.79 Å². The molecule has 1 saturated heterocycles. The monoisotopic (exact) mass is 328 g/mol. The summed E-state index contributed by atoms with van der Waals surface area (Å²) in [6.07, 6.45) is 0.583. The van der Waals surface area contributed by atoms with Gasteiger partial charge in [0.25, 0.3) is 5.91 Å². The zero-order valence-corrected chi connectivity index (χ0v) is 13.5. The predicted molar refractivity (Wildman–Crippen MR) is 81.7 cm³/mol. The summed E-state index contributed by atoms with van der Waals surface area (Å²) in [7, 11) is 0.392. The number of anilines is 1. The van der Waals surface area contributed by atoms with E-state index >= 15 is 0 Å². The highest BCUT2D eigenvalue weighted by Gasteiger charge is 2.31. The Morgan fingerprint density at radius 3 is 2.77 bits per heavy atom. The lowest BCUT2D eigenvalue weighted by atomic mass is 10.2. The highest BCUT2D eigenvalue weighted by molar-refractivity contribution is 7.91. The molecule has 1 unspecified atom stereocenters. The van der Waals surface area contributed by atoms with Gasteiger partial charge in [-0.25, -0.2) is 8.42 Å². The van der Waals surface area contributed by atoms with Crippen molar-refractivity contribution in [1.82, 2.24) is 15.5 Å². The van der Waals surface area contributed by atoms with Crippen molar-refractivity contribution in [3.8, 4) is 0 Å². The SMILES string of the molecule is COCCNC(=O)c1ccc(N(C)C2CCS(=O)(=O)C2)nn1. The van der Waals surface area contributed by atoms with Gasteiger partial charge in [-0.1, -0.05) is 0 Å². The number of carbonyl (C=O) groups is 1. The van der Waals surface area contributed by atoms with Crippen LogP contribution in [0.15, 0.2) is 12.1 Å². The maximum Gasteiger partial charge on any atom is 0.271 e. The number of ether oxygens (including phenoxy) is 1. The topological polar surface area (TPSA) is 101 Å². The van der Waals surface area contributed by atoms with Gasteiger partial charge in [0.1, 0.15) is 0 Å². The maximum atomic E-state index is 11.8. The Morgan fingerprint density at radius 1 is 1.45 bits per heavy atom. The lowest BCUT2D eigenvalue weighted by Crippen LogP contribution is -2.33. The lowest BCUT2D eigenvalue weighted by molar-refractivity contribution is 0.0931. The third-order valence-electron chi connectivity index (χ3n) is 3.59. The molecule has 0 spiro atoms.